The van der Waals surface area contributed by atoms with Gasteiger partial charge < -0.3 is 9.47 Å². The molecule has 1 unspecified atom stereocenters. The number of imide groups is 1. The summed E-state index contributed by atoms with van der Waals surface area (Å²) in [5.74, 6) is 1.04. The minimum atomic E-state index is -0.405. The maximum Gasteiger partial charge on any atom is 0.328 e. The van der Waals surface area contributed by atoms with Crippen LogP contribution < -0.4 is 19.7 Å². The lowest BCUT2D eigenvalue weighted by Gasteiger charge is -2.32. The predicted octanol–water partition coefficient (Wildman–Crippen LogP) is 1.25. The zero-order valence-electron chi connectivity index (χ0n) is 9.80. The summed E-state index contributed by atoms with van der Waals surface area (Å²) in [6.07, 6.45) is 0.292. The molecule has 1 fully saturated rings. The topological polar surface area (TPSA) is 67.9 Å². The van der Waals surface area contributed by atoms with E-state index < -0.39 is 6.03 Å². The fourth-order valence-electron chi connectivity index (χ4n) is 2.20. The highest BCUT2D eigenvalue weighted by Gasteiger charge is 2.31. The van der Waals surface area contributed by atoms with E-state index in [2.05, 4.69) is 5.32 Å². The van der Waals surface area contributed by atoms with Gasteiger partial charge in [0.25, 0.3) is 0 Å². The third-order valence-electron chi connectivity index (χ3n) is 3.02. The third kappa shape index (κ3) is 1.66. The molecule has 0 saturated carbocycles. The number of urea groups is 1. The Kier molecular flexibility index (Phi) is 2.36. The first-order chi connectivity index (χ1) is 8.65. The van der Waals surface area contributed by atoms with Crippen molar-refractivity contribution in [1.82, 2.24) is 5.32 Å². The van der Waals surface area contributed by atoms with Gasteiger partial charge in [0, 0.05) is 24.2 Å². The van der Waals surface area contributed by atoms with E-state index in [9.17, 15) is 9.59 Å². The second-order valence-electron chi connectivity index (χ2n) is 4.31. The number of amides is 3. The molecule has 0 aliphatic carbocycles. The molecule has 2 aliphatic heterocycles. The van der Waals surface area contributed by atoms with E-state index in [1.165, 1.54) is 0 Å². The van der Waals surface area contributed by atoms with E-state index in [0.29, 0.717) is 23.6 Å². The van der Waals surface area contributed by atoms with Gasteiger partial charge in [-0.25, -0.2) is 4.79 Å². The quantitative estimate of drug-likeness (QED) is 0.812. The van der Waals surface area contributed by atoms with E-state index >= 15 is 0 Å². The van der Waals surface area contributed by atoms with Crippen molar-refractivity contribution in [1.29, 1.82) is 0 Å². The summed E-state index contributed by atoms with van der Waals surface area (Å²) in [6.45, 7) is 2.03. The number of nitrogens with zero attached hydrogens (tertiary/aromatic N) is 1. The second kappa shape index (κ2) is 3.90. The minimum Gasteiger partial charge on any atom is -0.454 e. The molecule has 0 radical (unpaired) electrons. The average molecular weight is 248 g/mol. The molecule has 1 aromatic rings. The highest BCUT2D eigenvalue weighted by molar-refractivity contribution is 6.06. The van der Waals surface area contributed by atoms with Crippen molar-refractivity contribution in [3.8, 4) is 11.5 Å². The molecule has 94 valence electrons. The summed E-state index contributed by atoms with van der Waals surface area (Å²) in [5, 5.41) is 2.30. The van der Waals surface area contributed by atoms with Crippen LogP contribution in [-0.2, 0) is 4.79 Å². The van der Waals surface area contributed by atoms with E-state index in [1.54, 1.807) is 23.1 Å². The molecular formula is C12H12N2O4. The molecule has 3 rings (SSSR count). The lowest BCUT2D eigenvalue weighted by atomic mass is 10.1. The zero-order valence-corrected chi connectivity index (χ0v) is 9.80. The molecule has 3 amide bonds. The molecule has 1 atom stereocenters. The number of rotatable bonds is 1. The standard InChI is InChI=1S/C12H12N2O4/c1-7-4-11(15)13-12(16)14(7)8-2-3-9-10(5-8)18-6-17-9/h2-3,5,7H,4,6H2,1H3,(H,13,15,16). The van der Waals surface area contributed by atoms with Crippen LogP contribution in [0.5, 0.6) is 11.5 Å². The van der Waals surface area contributed by atoms with E-state index in [4.69, 9.17) is 9.47 Å². The summed E-state index contributed by atoms with van der Waals surface area (Å²) in [6, 6.07) is 4.70. The number of carbonyl (C=O) groups is 2. The van der Waals surface area contributed by atoms with Gasteiger partial charge in [-0.1, -0.05) is 0 Å². The number of ether oxygens (including phenoxy) is 2. The molecule has 0 spiro atoms. The SMILES string of the molecule is CC1CC(=O)NC(=O)N1c1ccc2c(c1)OCO2. The van der Waals surface area contributed by atoms with Crippen LogP contribution in [0, 0.1) is 0 Å². The Morgan fingerprint density at radius 3 is 2.83 bits per heavy atom. The van der Waals surface area contributed by atoms with E-state index in [1.807, 2.05) is 6.92 Å². The van der Waals surface area contributed by atoms with Gasteiger partial charge >= 0.3 is 6.03 Å². The minimum absolute atomic E-state index is 0.174. The molecule has 6 heteroatoms. The van der Waals surface area contributed by atoms with Gasteiger partial charge in [0.05, 0.1) is 0 Å². The highest BCUT2D eigenvalue weighted by atomic mass is 16.7. The Labute approximate surface area is 103 Å². The van der Waals surface area contributed by atoms with E-state index in [-0.39, 0.29) is 18.7 Å². The van der Waals surface area contributed by atoms with Crippen molar-refractivity contribution < 1.29 is 19.1 Å². The number of anilines is 1. The Balaban J connectivity index is 1.94. The van der Waals surface area contributed by atoms with Crippen molar-refractivity contribution in [2.45, 2.75) is 19.4 Å². The fourth-order valence-corrected chi connectivity index (χ4v) is 2.20. The summed E-state index contributed by atoms with van der Waals surface area (Å²) in [5.41, 5.74) is 0.691. The summed E-state index contributed by atoms with van der Waals surface area (Å²) >= 11 is 0. The monoisotopic (exact) mass is 248 g/mol. The van der Waals surface area contributed by atoms with Gasteiger partial charge in [-0.3, -0.25) is 15.0 Å². The van der Waals surface area contributed by atoms with Crippen LogP contribution in [0.1, 0.15) is 13.3 Å². The number of hydrogen-bond acceptors (Lipinski definition) is 4. The third-order valence-corrected chi connectivity index (χ3v) is 3.02. The number of benzene rings is 1. The first-order valence-corrected chi connectivity index (χ1v) is 5.68. The Morgan fingerprint density at radius 1 is 1.28 bits per heavy atom. The second-order valence-corrected chi connectivity index (χ2v) is 4.31. The Hall–Kier alpha value is -2.24. The molecule has 1 aromatic carbocycles. The van der Waals surface area contributed by atoms with Gasteiger partial charge in [0.2, 0.25) is 12.7 Å². The van der Waals surface area contributed by atoms with Crippen molar-refractivity contribution in [3.63, 3.8) is 0 Å². The van der Waals surface area contributed by atoms with Crippen molar-refractivity contribution in [2.75, 3.05) is 11.7 Å². The summed E-state index contributed by atoms with van der Waals surface area (Å²) in [7, 11) is 0. The molecule has 6 nitrogen and oxygen atoms in total. The summed E-state index contributed by atoms with van der Waals surface area (Å²) < 4.78 is 10.5. The molecule has 18 heavy (non-hydrogen) atoms. The molecule has 0 bridgehead atoms. The summed E-state index contributed by atoms with van der Waals surface area (Å²) in [4.78, 5) is 24.6. The van der Waals surface area contributed by atoms with Crippen molar-refractivity contribution in [3.05, 3.63) is 18.2 Å². The van der Waals surface area contributed by atoms with Crippen molar-refractivity contribution in [2.24, 2.45) is 0 Å². The molecule has 2 aliphatic rings. The number of fused-ring (bicyclic) bond motifs is 1. The van der Waals surface area contributed by atoms with Gasteiger partial charge in [-0.05, 0) is 19.1 Å². The normalized spacial score (nSPS) is 22.1. The van der Waals surface area contributed by atoms with Crippen LogP contribution >= 0.6 is 0 Å². The first kappa shape index (κ1) is 10.9. The first-order valence-electron chi connectivity index (χ1n) is 5.68. The van der Waals surface area contributed by atoms with Crippen molar-refractivity contribution >= 4 is 17.6 Å². The molecule has 1 N–H and O–H groups in total. The van der Waals surface area contributed by atoms with Crippen LogP contribution in [0.3, 0.4) is 0 Å². The molecule has 0 aromatic heterocycles. The molecular weight excluding hydrogens is 236 g/mol. The zero-order chi connectivity index (χ0) is 12.7. The largest absolute Gasteiger partial charge is 0.454 e. The number of carbonyl (C=O) groups excluding carboxylic acids is 2. The van der Waals surface area contributed by atoms with Gasteiger partial charge in [0.1, 0.15) is 0 Å². The maximum absolute atomic E-state index is 11.8. The van der Waals surface area contributed by atoms with Gasteiger partial charge in [-0.2, -0.15) is 0 Å². The Bertz CT molecular complexity index is 529. The average Bonchev–Trinajstić information content (AvgIpc) is 2.74. The van der Waals surface area contributed by atoms with Gasteiger partial charge in [-0.15, -0.1) is 0 Å². The van der Waals surface area contributed by atoms with Crippen LogP contribution in [-0.4, -0.2) is 24.8 Å². The van der Waals surface area contributed by atoms with Crippen LogP contribution in [0.15, 0.2) is 18.2 Å². The maximum atomic E-state index is 11.8. The lowest BCUT2D eigenvalue weighted by Crippen LogP contribution is -2.54. The number of nitrogens with one attached hydrogen (secondary N) is 1. The Morgan fingerprint density at radius 2 is 2.06 bits per heavy atom. The van der Waals surface area contributed by atoms with E-state index in [0.717, 1.165) is 0 Å². The van der Waals surface area contributed by atoms with Gasteiger partial charge in [0.15, 0.2) is 11.5 Å². The van der Waals surface area contributed by atoms with Crippen LogP contribution in [0.2, 0.25) is 0 Å². The van der Waals surface area contributed by atoms with Crippen LogP contribution in [0.4, 0.5) is 10.5 Å². The fraction of sp³-hybridized carbons (Fsp3) is 0.333. The molecule has 2 heterocycles. The smallest absolute Gasteiger partial charge is 0.328 e. The molecule has 1 saturated heterocycles. The van der Waals surface area contributed by atoms with Crippen LogP contribution in [0.25, 0.3) is 0 Å². The highest BCUT2D eigenvalue weighted by Crippen LogP contribution is 2.36. The number of hydrogen-bond donors (Lipinski definition) is 1. The predicted molar refractivity (Wildman–Crippen MR) is 62.7 cm³/mol. The lowest BCUT2D eigenvalue weighted by molar-refractivity contribution is -0.120.